The summed E-state index contributed by atoms with van der Waals surface area (Å²) in [6.45, 7) is 6.35. The van der Waals surface area contributed by atoms with Gasteiger partial charge in [-0.15, -0.1) is 0 Å². The highest BCUT2D eigenvalue weighted by Gasteiger charge is 2.34. The number of carbonyl (C=O) groups excluding carboxylic acids is 4. The van der Waals surface area contributed by atoms with Crippen LogP contribution < -0.4 is 10.6 Å². The van der Waals surface area contributed by atoms with Crippen LogP contribution in [0.1, 0.15) is 42.3 Å². The minimum Gasteiger partial charge on any atom is -0.353 e. The number of hydrogen-bond donors (Lipinski definition) is 2. The minimum absolute atomic E-state index is 0.0329. The maximum absolute atomic E-state index is 12.6. The van der Waals surface area contributed by atoms with E-state index < -0.39 is 5.91 Å². The molecular formula is C25H27N3O4S. The zero-order chi connectivity index (χ0) is 24.0. The molecular weight excluding hydrogens is 438 g/mol. The van der Waals surface area contributed by atoms with Crippen molar-refractivity contribution in [2.24, 2.45) is 0 Å². The molecule has 0 aliphatic carbocycles. The number of carbonyl (C=O) groups is 4. The second-order valence-electron chi connectivity index (χ2n) is 8.60. The number of rotatable bonds is 7. The highest BCUT2D eigenvalue weighted by atomic mass is 32.2. The number of imide groups is 1. The quantitative estimate of drug-likeness (QED) is 0.610. The summed E-state index contributed by atoms with van der Waals surface area (Å²) in [4.78, 5) is 50.3. The van der Waals surface area contributed by atoms with Crippen LogP contribution in [0.5, 0.6) is 0 Å². The van der Waals surface area contributed by atoms with E-state index in [9.17, 15) is 19.2 Å². The molecule has 0 aromatic heterocycles. The van der Waals surface area contributed by atoms with E-state index in [4.69, 9.17) is 0 Å². The molecule has 0 bridgehead atoms. The van der Waals surface area contributed by atoms with Crippen molar-refractivity contribution in [3.8, 4) is 0 Å². The van der Waals surface area contributed by atoms with Crippen molar-refractivity contribution in [2.75, 3.05) is 19.6 Å². The third kappa shape index (κ3) is 6.55. The predicted molar refractivity (Wildman–Crippen MR) is 130 cm³/mol. The first kappa shape index (κ1) is 24.3. The molecule has 2 aromatic rings. The van der Waals surface area contributed by atoms with Crippen molar-refractivity contribution in [2.45, 2.75) is 26.2 Å². The fraction of sp³-hybridized carbons (Fsp3) is 0.280. The van der Waals surface area contributed by atoms with Gasteiger partial charge in [0.15, 0.2) is 0 Å². The molecule has 0 spiro atoms. The average Bonchev–Trinajstić information content (AvgIpc) is 3.05. The van der Waals surface area contributed by atoms with Gasteiger partial charge in [0, 0.05) is 18.7 Å². The molecule has 0 unspecified atom stereocenters. The van der Waals surface area contributed by atoms with Crippen LogP contribution in [0, 0.1) is 0 Å². The fourth-order valence-corrected chi connectivity index (χ4v) is 4.01. The molecule has 2 N–H and O–H groups in total. The Bertz CT molecular complexity index is 1070. The van der Waals surface area contributed by atoms with Gasteiger partial charge in [-0.05, 0) is 46.5 Å². The van der Waals surface area contributed by atoms with E-state index in [1.165, 1.54) is 5.56 Å². The van der Waals surface area contributed by atoms with Crippen molar-refractivity contribution in [1.29, 1.82) is 0 Å². The van der Waals surface area contributed by atoms with Gasteiger partial charge in [-0.2, -0.15) is 0 Å². The largest absolute Gasteiger partial charge is 0.353 e. The molecule has 7 nitrogen and oxygen atoms in total. The van der Waals surface area contributed by atoms with Crippen molar-refractivity contribution in [3.05, 3.63) is 76.2 Å². The normalized spacial score (nSPS) is 15.1. The standard InChI is InChI=1S/C25H27N3O4S/c1-25(2,3)19-11-9-17(10-12-19)15-20-23(31)28(24(32)33-20)14-13-26-21(29)16-27-22(30)18-7-5-4-6-8-18/h4-12,15H,13-14,16H2,1-3H3,(H,26,29)(H,27,30)/b20-15-. The number of hydrogen-bond acceptors (Lipinski definition) is 5. The van der Waals surface area contributed by atoms with E-state index >= 15 is 0 Å². The summed E-state index contributed by atoms with van der Waals surface area (Å²) < 4.78 is 0. The van der Waals surface area contributed by atoms with Gasteiger partial charge in [0.25, 0.3) is 17.1 Å². The first-order valence-corrected chi connectivity index (χ1v) is 11.4. The van der Waals surface area contributed by atoms with Gasteiger partial charge in [-0.3, -0.25) is 24.1 Å². The predicted octanol–water partition coefficient (Wildman–Crippen LogP) is 3.57. The van der Waals surface area contributed by atoms with Gasteiger partial charge in [-0.1, -0.05) is 63.2 Å². The molecule has 3 rings (SSSR count). The summed E-state index contributed by atoms with van der Waals surface area (Å²) in [5.74, 6) is -1.13. The molecule has 1 aliphatic rings. The second kappa shape index (κ2) is 10.5. The average molecular weight is 466 g/mol. The molecule has 0 radical (unpaired) electrons. The van der Waals surface area contributed by atoms with Gasteiger partial charge in [0.1, 0.15) is 0 Å². The van der Waals surface area contributed by atoms with Gasteiger partial charge >= 0.3 is 0 Å². The number of nitrogens with one attached hydrogen (secondary N) is 2. The molecule has 8 heteroatoms. The first-order chi connectivity index (χ1) is 15.6. The lowest BCUT2D eigenvalue weighted by atomic mass is 9.87. The molecule has 1 heterocycles. The van der Waals surface area contributed by atoms with Crippen LogP contribution >= 0.6 is 11.8 Å². The molecule has 4 amide bonds. The van der Waals surface area contributed by atoms with Crippen LogP contribution in [0.25, 0.3) is 6.08 Å². The van der Waals surface area contributed by atoms with Crippen molar-refractivity contribution >= 4 is 40.8 Å². The third-order valence-corrected chi connectivity index (χ3v) is 5.96. The Kier molecular flexibility index (Phi) is 7.71. The Morgan fingerprint density at radius 1 is 0.970 bits per heavy atom. The fourth-order valence-electron chi connectivity index (χ4n) is 3.15. The Morgan fingerprint density at radius 3 is 2.27 bits per heavy atom. The molecule has 172 valence electrons. The SMILES string of the molecule is CC(C)(C)c1ccc(/C=C2\SC(=O)N(CCNC(=O)CNC(=O)c3ccccc3)C2=O)cc1. The van der Waals surface area contributed by atoms with Gasteiger partial charge in [0.05, 0.1) is 11.4 Å². The summed E-state index contributed by atoms with van der Waals surface area (Å²) in [5.41, 5.74) is 2.52. The van der Waals surface area contributed by atoms with Gasteiger partial charge in [0.2, 0.25) is 5.91 Å². The molecule has 0 saturated carbocycles. The zero-order valence-corrected chi connectivity index (χ0v) is 19.7. The summed E-state index contributed by atoms with van der Waals surface area (Å²) >= 11 is 0.886. The molecule has 0 atom stereocenters. The Morgan fingerprint density at radius 2 is 1.64 bits per heavy atom. The molecule has 1 saturated heterocycles. The van der Waals surface area contributed by atoms with Crippen LogP contribution in [-0.4, -0.2) is 47.5 Å². The highest BCUT2D eigenvalue weighted by molar-refractivity contribution is 8.18. The van der Waals surface area contributed by atoms with Crippen molar-refractivity contribution in [3.63, 3.8) is 0 Å². The van der Waals surface area contributed by atoms with E-state index in [1.807, 2.05) is 24.3 Å². The molecule has 33 heavy (non-hydrogen) atoms. The van der Waals surface area contributed by atoms with Crippen LogP contribution in [0.3, 0.4) is 0 Å². The van der Waals surface area contributed by atoms with Crippen molar-refractivity contribution in [1.82, 2.24) is 15.5 Å². The monoisotopic (exact) mass is 465 g/mol. The first-order valence-electron chi connectivity index (χ1n) is 10.6. The minimum atomic E-state index is -0.402. The molecule has 1 fully saturated rings. The Labute approximate surface area is 197 Å². The Balaban J connectivity index is 1.48. The number of benzene rings is 2. The topological polar surface area (TPSA) is 95.6 Å². The lowest BCUT2D eigenvalue weighted by Gasteiger charge is -2.18. The van der Waals surface area contributed by atoms with E-state index in [1.54, 1.807) is 36.4 Å². The maximum atomic E-state index is 12.6. The van der Waals surface area contributed by atoms with E-state index in [2.05, 4.69) is 31.4 Å². The summed E-state index contributed by atoms with van der Waals surface area (Å²) in [6, 6.07) is 16.5. The van der Waals surface area contributed by atoms with Gasteiger partial charge in [-0.25, -0.2) is 0 Å². The highest BCUT2D eigenvalue weighted by Crippen LogP contribution is 2.32. The van der Waals surface area contributed by atoms with Gasteiger partial charge < -0.3 is 10.6 Å². The van der Waals surface area contributed by atoms with E-state index in [-0.39, 0.29) is 42.1 Å². The molecule has 1 aliphatic heterocycles. The third-order valence-electron chi connectivity index (χ3n) is 5.05. The van der Waals surface area contributed by atoms with Crippen molar-refractivity contribution < 1.29 is 19.2 Å². The van der Waals surface area contributed by atoms with Crippen LogP contribution in [0.15, 0.2) is 59.5 Å². The van der Waals surface area contributed by atoms with E-state index in [0.29, 0.717) is 10.5 Å². The second-order valence-corrected chi connectivity index (χ2v) is 9.60. The maximum Gasteiger partial charge on any atom is 0.293 e. The van der Waals surface area contributed by atoms with Crippen LogP contribution in [-0.2, 0) is 15.0 Å². The van der Waals surface area contributed by atoms with Crippen LogP contribution in [0.2, 0.25) is 0 Å². The molecule has 2 aromatic carbocycles. The summed E-state index contributed by atoms with van der Waals surface area (Å²) in [7, 11) is 0. The van der Waals surface area contributed by atoms with Crippen LogP contribution in [0.4, 0.5) is 4.79 Å². The summed E-state index contributed by atoms with van der Waals surface area (Å²) in [5, 5.41) is 4.77. The number of amides is 4. The lowest BCUT2D eigenvalue weighted by molar-refractivity contribution is -0.124. The number of nitrogens with zero attached hydrogens (tertiary/aromatic N) is 1. The lowest BCUT2D eigenvalue weighted by Crippen LogP contribution is -2.41. The van der Waals surface area contributed by atoms with E-state index in [0.717, 1.165) is 22.2 Å². The number of thioether (sulfide) groups is 1. The summed E-state index contributed by atoms with van der Waals surface area (Å²) in [6.07, 6.45) is 1.70. The smallest absolute Gasteiger partial charge is 0.293 e. The Hall–Kier alpha value is -3.39. The zero-order valence-electron chi connectivity index (χ0n) is 18.9.